The fourth-order valence-corrected chi connectivity index (χ4v) is 3.94. The highest BCUT2D eigenvalue weighted by Crippen LogP contribution is 2.29. The van der Waals surface area contributed by atoms with Crippen molar-refractivity contribution >= 4 is 23.4 Å². The van der Waals surface area contributed by atoms with Crippen molar-refractivity contribution in [2.45, 2.75) is 12.5 Å². The predicted molar refractivity (Wildman–Crippen MR) is 139 cm³/mol. The molecule has 11 heteroatoms. The number of anilines is 1. The van der Waals surface area contributed by atoms with Gasteiger partial charge in [0.1, 0.15) is 18.1 Å². The number of aromatic nitrogens is 2. The summed E-state index contributed by atoms with van der Waals surface area (Å²) in [5.74, 6) is -1.88. The van der Waals surface area contributed by atoms with Crippen molar-refractivity contribution in [2.24, 2.45) is 0 Å². The van der Waals surface area contributed by atoms with E-state index in [4.69, 9.17) is 9.52 Å². The molecule has 4 rings (SSSR count). The molecule has 1 atom stereocenters. The lowest BCUT2D eigenvalue weighted by Gasteiger charge is -2.31. The van der Waals surface area contributed by atoms with Crippen LogP contribution in [0.5, 0.6) is 0 Å². The van der Waals surface area contributed by atoms with Crippen LogP contribution < -0.4 is 15.5 Å². The first-order valence-electron chi connectivity index (χ1n) is 12.1. The number of aliphatic hydroxyl groups is 1. The molecule has 0 fully saturated rings. The zero-order chi connectivity index (χ0) is 27.6. The quantitative estimate of drug-likeness (QED) is 0.271. The second-order valence-electron chi connectivity index (χ2n) is 8.44. The van der Waals surface area contributed by atoms with Gasteiger partial charge in [-0.25, -0.2) is 9.37 Å². The number of amides is 3. The fraction of sp³-hybridized carbons (Fsp3) is 0.179. The summed E-state index contributed by atoms with van der Waals surface area (Å²) in [5.41, 5.74) is 1.73. The van der Waals surface area contributed by atoms with Crippen molar-refractivity contribution in [3.63, 3.8) is 0 Å². The summed E-state index contributed by atoms with van der Waals surface area (Å²) in [4.78, 5) is 49.0. The van der Waals surface area contributed by atoms with E-state index < -0.39 is 23.8 Å². The van der Waals surface area contributed by atoms with Crippen molar-refractivity contribution in [2.75, 3.05) is 24.6 Å². The van der Waals surface area contributed by atoms with Crippen LogP contribution in [0.3, 0.4) is 0 Å². The van der Waals surface area contributed by atoms with Crippen molar-refractivity contribution < 1.29 is 28.3 Å². The van der Waals surface area contributed by atoms with Crippen molar-refractivity contribution in [3.8, 4) is 0 Å². The third-order valence-corrected chi connectivity index (χ3v) is 5.78. The monoisotopic (exact) mass is 531 g/mol. The number of nitrogens with one attached hydrogen (secondary N) is 2. The Kier molecular flexibility index (Phi) is 9.09. The summed E-state index contributed by atoms with van der Waals surface area (Å²) in [6, 6.07) is 14.3. The van der Waals surface area contributed by atoms with Gasteiger partial charge in [-0.3, -0.25) is 24.3 Å². The van der Waals surface area contributed by atoms with Crippen LogP contribution in [0.15, 0.2) is 90.1 Å². The van der Waals surface area contributed by atoms with Crippen LogP contribution in [0.2, 0.25) is 0 Å². The molecule has 2 aromatic heterocycles. The number of hydrogen-bond acceptors (Lipinski definition) is 7. The van der Waals surface area contributed by atoms with E-state index in [0.29, 0.717) is 28.8 Å². The topological polar surface area (TPSA) is 138 Å². The molecule has 0 saturated heterocycles. The zero-order valence-electron chi connectivity index (χ0n) is 20.8. The van der Waals surface area contributed by atoms with Gasteiger partial charge in [0.25, 0.3) is 11.8 Å². The lowest BCUT2D eigenvalue weighted by molar-refractivity contribution is -0.122. The molecular weight excluding hydrogens is 505 g/mol. The van der Waals surface area contributed by atoms with Crippen LogP contribution in [0.4, 0.5) is 10.1 Å². The van der Waals surface area contributed by atoms with E-state index in [2.05, 4.69) is 20.6 Å². The number of rotatable bonds is 11. The van der Waals surface area contributed by atoms with E-state index in [-0.39, 0.29) is 31.2 Å². The van der Waals surface area contributed by atoms with E-state index >= 15 is 0 Å². The standard InChI is InChI=1S/C28H26FN5O5/c29-22-5-1-3-19(15-22)10-12-31-27(37)25(21-4-2-11-30-16-21)34(28(38)24-17-39-18-33-24)23-8-6-20(7-9-23)26(36)32-13-14-35/h1-9,11,15-18,25,35H,10,12-14H2,(H,31,37)(H,32,36). The lowest BCUT2D eigenvalue weighted by atomic mass is 10.0. The van der Waals surface area contributed by atoms with Crippen LogP contribution in [0, 0.1) is 5.82 Å². The minimum atomic E-state index is -1.16. The summed E-state index contributed by atoms with van der Waals surface area (Å²) in [7, 11) is 0. The Morgan fingerprint density at radius 3 is 2.51 bits per heavy atom. The molecule has 0 spiro atoms. The third-order valence-electron chi connectivity index (χ3n) is 5.78. The molecule has 200 valence electrons. The summed E-state index contributed by atoms with van der Waals surface area (Å²) in [6.45, 7) is 0.0795. The van der Waals surface area contributed by atoms with Gasteiger partial charge in [0.2, 0.25) is 5.91 Å². The normalized spacial score (nSPS) is 11.4. The Bertz CT molecular complexity index is 1400. The summed E-state index contributed by atoms with van der Waals surface area (Å²) < 4.78 is 18.6. The summed E-state index contributed by atoms with van der Waals surface area (Å²) in [6.07, 6.45) is 5.69. The Hall–Kier alpha value is -4.90. The van der Waals surface area contributed by atoms with E-state index in [9.17, 15) is 18.8 Å². The fourth-order valence-electron chi connectivity index (χ4n) is 3.94. The number of carbonyl (C=O) groups excluding carboxylic acids is 3. The molecule has 39 heavy (non-hydrogen) atoms. The molecule has 10 nitrogen and oxygen atoms in total. The van der Waals surface area contributed by atoms with Crippen molar-refractivity contribution in [3.05, 3.63) is 114 Å². The average molecular weight is 532 g/mol. The van der Waals surface area contributed by atoms with Gasteiger partial charge in [-0.2, -0.15) is 0 Å². The van der Waals surface area contributed by atoms with E-state index in [0.717, 1.165) is 6.39 Å². The molecule has 0 aliphatic carbocycles. The minimum Gasteiger partial charge on any atom is -0.451 e. The first-order valence-corrected chi connectivity index (χ1v) is 12.1. The highest BCUT2D eigenvalue weighted by atomic mass is 19.1. The van der Waals surface area contributed by atoms with Gasteiger partial charge >= 0.3 is 0 Å². The molecule has 2 heterocycles. The molecule has 0 radical (unpaired) electrons. The SMILES string of the molecule is O=C(NCCO)c1ccc(N(C(=O)c2cocn2)C(C(=O)NCCc2cccc(F)c2)c2cccnc2)cc1. The lowest BCUT2D eigenvalue weighted by Crippen LogP contribution is -2.44. The molecule has 0 aliphatic rings. The van der Waals surface area contributed by atoms with Gasteiger partial charge in [-0.15, -0.1) is 0 Å². The second-order valence-corrected chi connectivity index (χ2v) is 8.44. The number of pyridine rings is 1. The largest absolute Gasteiger partial charge is 0.451 e. The molecule has 0 bridgehead atoms. The van der Waals surface area contributed by atoms with Crippen LogP contribution >= 0.6 is 0 Å². The van der Waals surface area contributed by atoms with E-state index in [1.54, 1.807) is 30.5 Å². The van der Waals surface area contributed by atoms with Crippen molar-refractivity contribution in [1.29, 1.82) is 0 Å². The maximum absolute atomic E-state index is 13.7. The number of oxazole rings is 1. The van der Waals surface area contributed by atoms with Gasteiger partial charge in [0.15, 0.2) is 12.1 Å². The molecule has 0 saturated carbocycles. The van der Waals surface area contributed by atoms with Gasteiger partial charge in [0.05, 0.1) is 6.61 Å². The Labute approximate surface area is 223 Å². The molecule has 0 aliphatic heterocycles. The number of benzene rings is 2. The maximum atomic E-state index is 13.7. The Morgan fingerprint density at radius 2 is 1.85 bits per heavy atom. The van der Waals surface area contributed by atoms with Gasteiger partial charge in [0, 0.05) is 42.3 Å². The van der Waals surface area contributed by atoms with Crippen LogP contribution in [-0.2, 0) is 11.2 Å². The third kappa shape index (κ3) is 6.90. The second kappa shape index (κ2) is 13.1. The zero-order valence-corrected chi connectivity index (χ0v) is 20.8. The Morgan fingerprint density at radius 1 is 1.03 bits per heavy atom. The van der Waals surface area contributed by atoms with Crippen LogP contribution in [-0.4, -0.2) is 52.5 Å². The first-order chi connectivity index (χ1) is 19.0. The molecule has 2 aromatic carbocycles. The number of halogens is 1. The summed E-state index contributed by atoms with van der Waals surface area (Å²) in [5, 5.41) is 14.4. The first kappa shape index (κ1) is 27.1. The molecule has 1 unspecified atom stereocenters. The highest BCUT2D eigenvalue weighted by Gasteiger charge is 2.34. The highest BCUT2D eigenvalue weighted by molar-refractivity contribution is 6.09. The van der Waals surface area contributed by atoms with Crippen LogP contribution in [0.25, 0.3) is 0 Å². The Balaban J connectivity index is 1.66. The number of carbonyl (C=O) groups is 3. The van der Waals surface area contributed by atoms with Crippen molar-refractivity contribution in [1.82, 2.24) is 20.6 Å². The number of nitrogens with zero attached hydrogens (tertiary/aromatic N) is 3. The number of hydrogen-bond donors (Lipinski definition) is 3. The molecule has 3 amide bonds. The smallest absolute Gasteiger partial charge is 0.281 e. The average Bonchev–Trinajstić information content (AvgIpc) is 3.50. The molecular formula is C28H26FN5O5. The minimum absolute atomic E-state index is 0.0267. The summed E-state index contributed by atoms with van der Waals surface area (Å²) >= 11 is 0. The van der Waals surface area contributed by atoms with Gasteiger partial charge in [-0.1, -0.05) is 18.2 Å². The molecule has 3 N–H and O–H groups in total. The molecule has 4 aromatic rings. The maximum Gasteiger partial charge on any atom is 0.281 e. The van der Waals surface area contributed by atoms with E-state index in [1.807, 2.05) is 0 Å². The van der Waals surface area contributed by atoms with Crippen LogP contribution in [0.1, 0.15) is 38.0 Å². The van der Waals surface area contributed by atoms with Gasteiger partial charge in [-0.05, 0) is 54.4 Å². The van der Waals surface area contributed by atoms with E-state index in [1.165, 1.54) is 53.8 Å². The number of aliphatic hydroxyl groups excluding tert-OH is 1. The van der Waals surface area contributed by atoms with Gasteiger partial charge < -0.3 is 20.2 Å². The predicted octanol–water partition coefficient (Wildman–Crippen LogP) is 2.68.